The van der Waals surface area contributed by atoms with Gasteiger partial charge < -0.3 is 15.5 Å². The van der Waals surface area contributed by atoms with Gasteiger partial charge in [0.15, 0.2) is 0 Å². The van der Waals surface area contributed by atoms with Crippen molar-refractivity contribution in [1.82, 2.24) is 15.5 Å². The van der Waals surface area contributed by atoms with Crippen LogP contribution in [0.4, 0.5) is 4.79 Å². The van der Waals surface area contributed by atoms with Crippen LogP contribution in [0.3, 0.4) is 0 Å². The Balaban J connectivity index is 1.20. The first kappa shape index (κ1) is 16.9. The van der Waals surface area contributed by atoms with Gasteiger partial charge in [-0.05, 0) is 55.6 Å². The molecule has 136 valence electrons. The molecule has 2 fully saturated rings. The molecular formula is C21H31N3O. The van der Waals surface area contributed by atoms with Gasteiger partial charge in [0, 0.05) is 25.7 Å². The lowest BCUT2D eigenvalue weighted by Gasteiger charge is -2.34. The number of urea groups is 1. The lowest BCUT2D eigenvalue weighted by atomic mass is 10.0. The number of hydrogen-bond acceptors (Lipinski definition) is 2. The SMILES string of the molecule is O=C(NC1CCN(CC2CCCC2)CC1)N[C@@H]1CCc2ccccc21. The Morgan fingerprint density at radius 1 is 1.00 bits per heavy atom. The van der Waals surface area contributed by atoms with Crippen LogP contribution in [0.1, 0.15) is 62.1 Å². The second kappa shape index (κ2) is 7.77. The van der Waals surface area contributed by atoms with Gasteiger partial charge in [0.25, 0.3) is 0 Å². The lowest BCUT2D eigenvalue weighted by molar-refractivity contribution is 0.171. The zero-order valence-corrected chi connectivity index (χ0v) is 15.2. The number of nitrogens with one attached hydrogen (secondary N) is 2. The van der Waals surface area contributed by atoms with Crippen molar-refractivity contribution in [3.05, 3.63) is 35.4 Å². The van der Waals surface area contributed by atoms with Gasteiger partial charge in [-0.25, -0.2) is 4.79 Å². The first-order valence-corrected chi connectivity index (χ1v) is 10.1. The minimum Gasteiger partial charge on any atom is -0.335 e. The molecular weight excluding hydrogens is 310 g/mol. The van der Waals surface area contributed by atoms with E-state index in [2.05, 4.69) is 39.8 Å². The summed E-state index contributed by atoms with van der Waals surface area (Å²) in [6.45, 7) is 3.54. The van der Waals surface area contributed by atoms with Crippen LogP contribution in [-0.4, -0.2) is 36.6 Å². The largest absolute Gasteiger partial charge is 0.335 e. The van der Waals surface area contributed by atoms with Gasteiger partial charge in [0.1, 0.15) is 0 Å². The summed E-state index contributed by atoms with van der Waals surface area (Å²) in [6, 6.07) is 8.99. The Hall–Kier alpha value is -1.55. The third-order valence-electron chi connectivity index (χ3n) is 6.35. The van der Waals surface area contributed by atoms with Crippen molar-refractivity contribution >= 4 is 6.03 Å². The van der Waals surface area contributed by atoms with E-state index in [1.165, 1.54) is 43.4 Å². The Kier molecular flexibility index (Phi) is 5.25. The second-order valence-corrected chi connectivity index (χ2v) is 8.13. The molecule has 3 aliphatic rings. The summed E-state index contributed by atoms with van der Waals surface area (Å²) >= 11 is 0. The molecule has 1 saturated carbocycles. The predicted molar refractivity (Wildman–Crippen MR) is 101 cm³/mol. The number of aryl methyl sites for hydroxylation is 1. The van der Waals surface area contributed by atoms with E-state index in [4.69, 9.17) is 0 Å². The summed E-state index contributed by atoms with van der Waals surface area (Å²) in [6.07, 6.45) is 9.95. The number of rotatable bonds is 4. The fourth-order valence-corrected chi connectivity index (χ4v) is 4.91. The van der Waals surface area contributed by atoms with Crippen LogP contribution in [0.25, 0.3) is 0 Å². The molecule has 0 radical (unpaired) electrons. The molecule has 2 aliphatic carbocycles. The van der Waals surface area contributed by atoms with E-state index < -0.39 is 0 Å². The molecule has 1 aromatic rings. The minimum atomic E-state index is 0.0101. The van der Waals surface area contributed by atoms with Gasteiger partial charge in [-0.3, -0.25) is 0 Å². The Morgan fingerprint density at radius 2 is 1.76 bits per heavy atom. The van der Waals surface area contributed by atoms with E-state index >= 15 is 0 Å². The molecule has 0 unspecified atom stereocenters. The maximum absolute atomic E-state index is 12.4. The maximum Gasteiger partial charge on any atom is 0.315 e. The first-order valence-electron chi connectivity index (χ1n) is 10.1. The molecule has 2 N–H and O–H groups in total. The van der Waals surface area contributed by atoms with Crippen LogP contribution in [0, 0.1) is 5.92 Å². The highest BCUT2D eigenvalue weighted by atomic mass is 16.2. The number of fused-ring (bicyclic) bond motifs is 1. The fourth-order valence-electron chi connectivity index (χ4n) is 4.91. The number of piperidine rings is 1. The van der Waals surface area contributed by atoms with Crippen LogP contribution >= 0.6 is 0 Å². The molecule has 1 atom stereocenters. The third-order valence-corrected chi connectivity index (χ3v) is 6.35. The number of benzene rings is 1. The molecule has 4 rings (SSSR count). The van der Waals surface area contributed by atoms with E-state index in [0.717, 1.165) is 44.7 Å². The van der Waals surface area contributed by atoms with Gasteiger partial charge >= 0.3 is 6.03 Å². The van der Waals surface area contributed by atoms with Crippen molar-refractivity contribution in [3.8, 4) is 0 Å². The molecule has 25 heavy (non-hydrogen) atoms. The molecule has 1 aromatic carbocycles. The molecule has 1 saturated heterocycles. The summed E-state index contributed by atoms with van der Waals surface area (Å²) in [4.78, 5) is 15.0. The van der Waals surface area contributed by atoms with Gasteiger partial charge in [-0.15, -0.1) is 0 Å². The standard InChI is InChI=1S/C21H31N3O/c25-21(23-20-10-9-17-7-3-4-8-19(17)20)22-18-11-13-24(14-12-18)15-16-5-1-2-6-16/h3-4,7-8,16,18,20H,1-2,5-6,9-15H2,(H2,22,23,25)/t20-/m1/s1. The number of nitrogens with zero attached hydrogens (tertiary/aromatic N) is 1. The van der Waals surface area contributed by atoms with E-state index in [-0.39, 0.29) is 12.1 Å². The smallest absolute Gasteiger partial charge is 0.315 e. The first-order chi connectivity index (χ1) is 12.3. The molecule has 1 aliphatic heterocycles. The van der Waals surface area contributed by atoms with Gasteiger partial charge in [-0.2, -0.15) is 0 Å². The monoisotopic (exact) mass is 341 g/mol. The number of carbonyl (C=O) groups is 1. The third kappa shape index (κ3) is 4.17. The predicted octanol–water partition coefficient (Wildman–Crippen LogP) is 3.63. The summed E-state index contributed by atoms with van der Waals surface area (Å²) < 4.78 is 0. The van der Waals surface area contributed by atoms with E-state index in [0.29, 0.717) is 6.04 Å². The van der Waals surface area contributed by atoms with Gasteiger partial charge in [-0.1, -0.05) is 37.1 Å². The average molecular weight is 341 g/mol. The van der Waals surface area contributed by atoms with Crippen LogP contribution in [0.2, 0.25) is 0 Å². The van der Waals surface area contributed by atoms with Crippen LogP contribution < -0.4 is 10.6 Å². The minimum absolute atomic E-state index is 0.0101. The summed E-state index contributed by atoms with van der Waals surface area (Å²) in [5, 5.41) is 6.40. The molecule has 0 spiro atoms. The molecule has 4 nitrogen and oxygen atoms in total. The Labute approximate surface area is 151 Å². The Bertz CT molecular complexity index is 589. The van der Waals surface area contributed by atoms with Gasteiger partial charge in [0.05, 0.1) is 6.04 Å². The molecule has 0 aromatic heterocycles. The van der Waals surface area contributed by atoms with Crippen LogP contribution in [-0.2, 0) is 6.42 Å². The van der Waals surface area contributed by atoms with Crippen molar-refractivity contribution < 1.29 is 4.79 Å². The van der Waals surface area contributed by atoms with Crippen LogP contribution in [0.15, 0.2) is 24.3 Å². The Morgan fingerprint density at radius 3 is 2.56 bits per heavy atom. The molecule has 4 heteroatoms. The topological polar surface area (TPSA) is 44.4 Å². The maximum atomic E-state index is 12.4. The number of carbonyl (C=O) groups excluding carboxylic acids is 1. The van der Waals surface area contributed by atoms with Crippen LogP contribution in [0.5, 0.6) is 0 Å². The number of hydrogen-bond donors (Lipinski definition) is 2. The van der Waals surface area contributed by atoms with Crippen molar-refractivity contribution in [2.24, 2.45) is 5.92 Å². The summed E-state index contributed by atoms with van der Waals surface area (Å²) in [7, 11) is 0. The van der Waals surface area contributed by atoms with E-state index in [1.807, 2.05) is 0 Å². The highest BCUT2D eigenvalue weighted by Gasteiger charge is 2.26. The molecule has 0 bridgehead atoms. The van der Waals surface area contributed by atoms with Crippen molar-refractivity contribution in [1.29, 1.82) is 0 Å². The highest BCUT2D eigenvalue weighted by molar-refractivity contribution is 5.75. The van der Waals surface area contributed by atoms with Gasteiger partial charge in [0.2, 0.25) is 0 Å². The summed E-state index contributed by atoms with van der Waals surface area (Å²) in [5.74, 6) is 0.926. The zero-order valence-electron chi connectivity index (χ0n) is 15.2. The second-order valence-electron chi connectivity index (χ2n) is 8.13. The molecule has 1 heterocycles. The van der Waals surface area contributed by atoms with Crippen molar-refractivity contribution in [2.45, 2.75) is 63.5 Å². The highest BCUT2D eigenvalue weighted by Crippen LogP contribution is 2.30. The average Bonchev–Trinajstić information content (AvgIpc) is 3.27. The quantitative estimate of drug-likeness (QED) is 0.878. The lowest BCUT2D eigenvalue weighted by Crippen LogP contribution is -2.48. The van der Waals surface area contributed by atoms with E-state index in [9.17, 15) is 4.79 Å². The summed E-state index contributed by atoms with van der Waals surface area (Å²) in [5.41, 5.74) is 2.68. The normalized spacial score (nSPS) is 25.0. The number of likely N-dealkylation sites (tertiary alicyclic amines) is 1. The van der Waals surface area contributed by atoms with Crippen molar-refractivity contribution in [2.75, 3.05) is 19.6 Å². The zero-order chi connectivity index (χ0) is 17.1. The van der Waals surface area contributed by atoms with Crippen molar-refractivity contribution in [3.63, 3.8) is 0 Å². The fraction of sp³-hybridized carbons (Fsp3) is 0.667. The number of amides is 2. The van der Waals surface area contributed by atoms with E-state index in [1.54, 1.807) is 0 Å². The molecule has 2 amide bonds.